The average Bonchev–Trinajstić information content (AvgIpc) is 3.23. The highest BCUT2D eigenvalue weighted by Gasteiger charge is 2.52. The summed E-state index contributed by atoms with van der Waals surface area (Å²) < 4.78 is 6.00. The third-order valence-corrected chi connectivity index (χ3v) is 17.2. The Kier molecular flexibility index (Phi) is 9.42. The standard InChI is InChI=1S/C46H35N3OP2/c50-46-43(51(37-24-10-2-11-25-37,38-26-12-3-13-27-38)39-28-14-4-15-29-39)45(47-44(48-46)36-22-8-1-9-23-36)49-52(40-30-16-5-17-31-40,41-32-18-6-19-33-41)42-34-20-7-21-35-42/h1-35H/p+1. The molecule has 8 aromatic rings. The van der Waals surface area contributed by atoms with E-state index in [0.29, 0.717) is 16.9 Å². The van der Waals surface area contributed by atoms with Gasteiger partial charge < -0.3 is 4.98 Å². The molecule has 250 valence electrons. The first-order chi connectivity index (χ1) is 25.7. The molecule has 0 atom stereocenters. The van der Waals surface area contributed by atoms with Gasteiger partial charge in [0.15, 0.2) is 7.26 Å². The third-order valence-electron chi connectivity index (χ3n) is 9.32. The maximum absolute atomic E-state index is 15.4. The summed E-state index contributed by atoms with van der Waals surface area (Å²) in [4.78, 5) is 24.1. The van der Waals surface area contributed by atoms with Gasteiger partial charge in [-0.05, 0) is 36.4 Å². The normalized spacial score (nSPS) is 11.5. The van der Waals surface area contributed by atoms with Crippen molar-refractivity contribution in [3.05, 3.63) is 223 Å². The van der Waals surface area contributed by atoms with E-state index in [2.05, 4.69) is 151 Å². The van der Waals surface area contributed by atoms with E-state index >= 15 is 4.79 Å². The second-order valence-corrected chi connectivity index (χ2v) is 18.7. The van der Waals surface area contributed by atoms with Crippen LogP contribution >= 0.6 is 14.3 Å². The Balaban J connectivity index is 1.62. The predicted octanol–water partition coefficient (Wildman–Crippen LogP) is 7.87. The maximum atomic E-state index is 15.4. The number of nitrogens with one attached hydrogen (secondary N) is 1. The first-order valence-electron chi connectivity index (χ1n) is 17.3. The van der Waals surface area contributed by atoms with Crippen molar-refractivity contribution < 1.29 is 0 Å². The lowest BCUT2D eigenvalue weighted by atomic mass is 10.2. The van der Waals surface area contributed by atoms with Gasteiger partial charge in [-0.3, -0.25) is 4.79 Å². The van der Waals surface area contributed by atoms with Crippen LogP contribution in [0.25, 0.3) is 11.4 Å². The number of aromatic nitrogens is 2. The Morgan fingerprint density at radius 1 is 0.442 bits per heavy atom. The Morgan fingerprint density at radius 2 is 0.769 bits per heavy atom. The molecule has 0 saturated carbocycles. The van der Waals surface area contributed by atoms with Crippen molar-refractivity contribution in [3.8, 4) is 11.4 Å². The fourth-order valence-corrected chi connectivity index (χ4v) is 14.9. The zero-order chi connectivity index (χ0) is 35.2. The van der Waals surface area contributed by atoms with Gasteiger partial charge in [0.1, 0.15) is 21.7 Å². The SMILES string of the molecule is O=c1[nH]c(-c2ccccc2)nc(N=P(c2ccccc2)(c2ccccc2)c2ccccc2)c1[P+](c1ccccc1)(c1ccccc1)c1ccccc1. The molecular formula is C46H36N3OP2+. The third kappa shape index (κ3) is 5.97. The molecular weight excluding hydrogens is 672 g/mol. The molecule has 0 fully saturated rings. The van der Waals surface area contributed by atoms with Crippen molar-refractivity contribution in [2.45, 2.75) is 0 Å². The largest absolute Gasteiger partial charge is 0.303 e. The van der Waals surface area contributed by atoms with Crippen molar-refractivity contribution in [3.63, 3.8) is 0 Å². The van der Waals surface area contributed by atoms with Crippen LogP contribution in [-0.4, -0.2) is 9.97 Å². The van der Waals surface area contributed by atoms with E-state index in [1.54, 1.807) is 0 Å². The van der Waals surface area contributed by atoms with Crippen molar-refractivity contribution in [2.75, 3.05) is 0 Å². The van der Waals surface area contributed by atoms with E-state index in [0.717, 1.165) is 37.4 Å². The van der Waals surface area contributed by atoms with E-state index in [-0.39, 0.29) is 5.56 Å². The van der Waals surface area contributed by atoms with Crippen LogP contribution < -0.4 is 42.7 Å². The molecule has 0 unspecified atom stereocenters. The monoisotopic (exact) mass is 708 g/mol. The lowest BCUT2D eigenvalue weighted by Gasteiger charge is -2.30. The van der Waals surface area contributed by atoms with E-state index in [1.807, 2.05) is 66.7 Å². The van der Waals surface area contributed by atoms with E-state index < -0.39 is 14.3 Å². The lowest BCUT2D eigenvalue weighted by Crippen LogP contribution is -2.46. The highest BCUT2D eigenvalue weighted by atomic mass is 31.2. The molecule has 0 bridgehead atoms. The van der Waals surface area contributed by atoms with Crippen LogP contribution in [0.3, 0.4) is 0 Å². The molecule has 0 aliphatic heterocycles. The van der Waals surface area contributed by atoms with Gasteiger partial charge in [-0.1, -0.05) is 176 Å². The van der Waals surface area contributed by atoms with Gasteiger partial charge in [-0.2, -0.15) is 0 Å². The molecule has 7 aromatic carbocycles. The van der Waals surface area contributed by atoms with E-state index in [4.69, 9.17) is 9.73 Å². The summed E-state index contributed by atoms with van der Waals surface area (Å²) in [5.41, 5.74) is 0.610. The second kappa shape index (κ2) is 14.7. The van der Waals surface area contributed by atoms with Crippen LogP contribution in [0.5, 0.6) is 0 Å². The molecule has 4 nitrogen and oxygen atoms in total. The van der Waals surface area contributed by atoms with Gasteiger partial charge in [-0.15, -0.1) is 0 Å². The predicted molar refractivity (Wildman–Crippen MR) is 222 cm³/mol. The second-order valence-electron chi connectivity index (χ2n) is 12.4. The number of hydrogen-bond acceptors (Lipinski definition) is 3. The van der Waals surface area contributed by atoms with Crippen molar-refractivity contribution in [2.24, 2.45) is 4.74 Å². The van der Waals surface area contributed by atoms with Crippen LogP contribution in [0.1, 0.15) is 0 Å². The van der Waals surface area contributed by atoms with Crippen molar-refractivity contribution in [1.82, 2.24) is 9.97 Å². The quantitative estimate of drug-likeness (QED) is 0.155. The van der Waals surface area contributed by atoms with Crippen LogP contribution in [0.4, 0.5) is 5.82 Å². The Bertz CT molecular complexity index is 2310. The average molecular weight is 709 g/mol. The van der Waals surface area contributed by atoms with Gasteiger partial charge in [0.25, 0.3) is 5.56 Å². The highest BCUT2D eigenvalue weighted by Crippen LogP contribution is 2.57. The topological polar surface area (TPSA) is 58.1 Å². The van der Waals surface area contributed by atoms with E-state index in [1.165, 1.54) is 0 Å². The number of rotatable bonds is 9. The van der Waals surface area contributed by atoms with Gasteiger partial charge in [0.2, 0.25) is 11.1 Å². The molecule has 1 N–H and O–H groups in total. The fourth-order valence-electron chi connectivity index (χ4n) is 7.04. The summed E-state index contributed by atoms with van der Waals surface area (Å²) in [7, 11) is -5.79. The van der Waals surface area contributed by atoms with Crippen LogP contribution in [-0.2, 0) is 0 Å². The minimum Gasteiger partial charge on any atom is -0.303 e. The molecule has 6 heteroatoms. The Labute approximate surface area is 305 Å². The molecule has 8 rings (SSSR count). The summed E-state index contributed by atoms with van der Waals surface area (Å²) in [6.07, 6.45) is 0. The first-order valence-corrected chi connectivity index (χ1v) is 20.8. The number of nitrogens with zero attached hydrogens (tertiary/aromatic N) is 2. The molecule has 1 aromatic heterocycles. The van der Waals surface area contributed by atoms with Crippen molar-refractivity contribution in [1.29, 1.82) is 0 Å². The molecule has 0 aliphatic rings. The number of benzene rings is 7. The van der Waals surface area contributed by atoms with Gasteiger partial charge in [0, 0.05) is 21.5 Å². The van der Waals surface area contributed by atoms with Gasteiger partial charge >= 0.3 is 0 Å². The van der Waals surface area contributed by atoms with Crippen LogP contribution in [0, 0.1) is 0 Å². The minimum atomic E-state index is -2.94. The molecule has 0 radical (unpaired) electrons. The molecule has 0 amide bonds. The smallest absolute Gasteiger partial charge is 0.297 e. The number of hydrogen-bond donors (Lipinski definition) is 1. The molecule has 0 aliphatic carbocycles. The summed E-state index contributed by atoms with van der Waals surface area (Å²) in [5, 5.41) is 6.94. The number of aromatic amines is 1. The molecule has 0 saturated heterocycles. The summed E-state index contributed by atoms with van der Waals surface area (Å²) in [6.45, 7) is 0. The zero-order valence-corrected chi connectivity index (χ0v) is 30.2. The van der Waals surface area contributed by atoms with Gasteiger partial charge in [0.05, 0.1) is 7.05 Å². The zero-order valence-electron chi connectivity index (χ0n) is 28.4. The van der Waals surface area contributed by atoms with Crippen LogP contribution in [0.15, 0.2) is 222 Å². The molecule has 52 heavy (non-hydrogen) atoms. The van der Waals surface area contributed by atoms with Gasteiger partial charge in [-0.25, -0.2) is 9.73 Å². The number of H-pyrrole nitrogens is 1. The maximum Gasteiger partial charge on any atom is 0.297 e. The molecule has 1 heterocycles. The van der Waals surface area contributed by atoms with Crippen LogP contribution in [0.2, 0.25) is 0 Å². The first kappa shape index (κ1) is 33.2. The summed E-state index contributed by atoms with van der Waals surface area (Å²) in [6, 6.07) is 72.7. The fraction of sp³-hybridized carbons (Fsp3) is 0. The van der Waals surface area contributed by atoms with Crippen molar-refractivity contribution >= 4 is 57.3 Å². The Morgan fingerprint density at radius 3 is 1.13 bits per heavy atom. The Hall–Kier alpha value is -5.92. The highest BCUT2D eigenvalue weighted by molar-refractivity contribution is 8.01. The lowest BCUT2D eigenvalue weighted by molar-refractivity contribution is 1.14. The summed E-state index contributed by atoms with van der Waals surface area (Å²) in [5.74, 6) is 0.921. The summed E-state index contributed by atoms with van der Waals surface area (Å²) >= 11 is 0. The minimum absolute atomic E-state index is 0.204. The van der Waals surface area contributed by atoms with E-state index in [9.17, 15) is 0 Å². The molecule has 0 spiro atoms.